The molecule has 214 valence electrons. The maximum atomic E-state index is 14.1. The summed E-state index contributed by atoms with van der Waals surface area (Å²) < 4.78 is 26.9. The minimum Gasteiger partial charge on any atom is -0.354 e. The van der Waals surface area contributed by atoms with Crippen LogP contribution in [-0.2, 0) is 32.6 Å². The number of amides is 2. The second kappa shape index (κ2) is 14.5. The van der Waals surface area contributed by atoms with E-state index in [4.69, 9.17) is 23.2 Å². The molecule has 3 aromatic rings. The molecule has 2 amide bonds. The molecule has 0 unspecified atom stereocenters. The fraction of sp³-hybridized carbons (Fsp3) is 0.333. The molecule has 0 saturated heterocycles. The Bertz CT molecular complexity index is 1400. The van der Waals surface area contributed by atoms with Gasteiger partial charge in [0, 0.05) is 29.6 Å². The SMILES string of the molecule is CCCCNC(=O)[C@@H](Cc1ccccc1)N(Cc1ccc(Cl)cc1)C(=O)CN(c1cc(Cl)ccc1C)S(C)(=O)=O. The van der Waals surface area contributed by atoms with Crippen molar-refractivity contribution >= 4 is 50.7 Å². The predicted molar refractivity (Wildman–Crippen MR) is 162 cm³/mol. The third-order valence-electron chi connectivity index (χ3n) is 6.49. The van der Waals surface area contributed by atoms with Gasteiger partial charge in [-0.15, -0.1) is 0 Å². The highest BCUT2D eigenvalue weighted by Crippen LogP contribution is 2.27. The van der Waals surface area contributed by atoms with Crippen LogP contribution in [0.15, 0.2) is 72.8 Å². The second-order valence-corrected chi connectivity index (χ2v) is 12.5. The third kappa shape index (κ3) is 8.98. The Morgan fingerprint density at radius 3 is 2.20 bits per heavy atom. The number of carbonyl (C=O) groups is 2. The number of aryl methyl sites for hydroxylation is 1. The molecule has 0 aliphatic rings. The van der Waals surface area contributed by atoms with E-state index in [1.165, 1.54) is 11.0 Å². The lowest BCUT2D eigenvalue weighted by Gasteiger charge is -2.34. The van der Waals surface area contributed by atoms with Crippen LogP contribution in [0.5, 0.6) is 0 Å². The van der Waals surface area contributed by atoms with Crippen molar-refractivity contribution in [3.63, 3.8) is 0 Å². The molecule has 7 nitrogen and oxygen atoms in total. The lowest BCUT2D eigenvalue weighted by Crippen LogP contribution is -2.53. The van der Waals surface area contributed by atoms with Crippen molar-refractivity contribution in [3.8, 4) is 0 Å². The van der Waals surface area contributed by atoms with Gasteiger partial charge in [0.1, 0.15) is 12.6 Å². The molecule has 0 aliphatic heterocycles. The van der Waals surface area contributed by atoms with Gasteiger partial charge in [-0.2, -0.15) is 0 Å². The highest BCUT2D eigenvalue weighted by Gasteiger charge is 2.33. The topological polar surface area (TPSA) is 86.8 Å². The van der Waals surface area contributed by atoms with Gasteiger partial charge in [-0.05, 0) is 54.3 Å². The second-order valence-electron chi connectivity index (χ2n) is 9.70. The number of unbranched alkanes of at least 4 members (excludes halogenated alkanes) is 1. The lowest BCUT2D eigenvalue weighted by atomic mass is 10.0. The van der Waals surface area contributed by atoms with Crippen LogP contribution in [-0.4, -0.2) is 50.5 Å². The number of sulfonamides is 1. The summed E-state index contributed by atoms with van der Waals surface area (Å²) in [6.45, 7) is 3.84. The third-order valence-corrected chi connectivity index (χ3v) is 8.10. The van der Waals surface area contributed by atoms with E-state index in [-0.39, 0.29) is 18.9 Å². The molecule has 0 fully saturated rings. The Balaban J connectivity index is 2.05. The summed E-state index contributed by atoms with van der Waals surface area (Å²) >= 11 is 12.3. The Labute approximate surface area is 247 Å². The van der Waals surface area contributed by atoms with Crippen LogP contribution in [0.2, 0.25) is 10.0 Å². The van der Waals surface area contributed by atoms with Crippen LogP contribution in [0.4, 0.5) is 5.69 Å². The molecule has 1 N–H and O–H groups in total. The molecule has 3 rings (SSSR count). The van der Waals surface area contributed by atoms with Crippen molar-refractivity contribution in [2.24, 2.45) is 0 Å². The van der Waals surface area contributed by atoms with Crippen LogP contribution < -0.4 is 9.62 Å². The minimum absolute atomic E-state index is 0.0842. The number of nitrogens with one attached hydrogen (secondary N) is 1. The van der Waals surface area contributed by atoms with Gasteiger partial charge in [0.2, 0.25) is 21.8 Å². The number of rotatable bonds is 13. The van der Waals surface area contributed by atoms with Crippen molar-refractivity contribution in [1.29, 1.82) is 0 Å². The first kappa shape index (κ1) is 31.5. The van der Waals surface area contributed by atoms with Gasteiger partial charge < -0.3 is 10.2 Å². The van der Waals surface area contributed by atoms with Crippen molar-refractivity contribution in [3.05, 3.63) is 99.5 Å². The number of anilines is 1. The van der Waals surface area contributed by atoms with Gasteiger partial charge in [0.05, 0.1) is 11.9 Å². The highest BCUT2D eigenvalue weighted by atomic mass is 35.5. The number of halogens is 2. The minimum atomic E-state index is -3.88. The van der Waals surface area contributed by atoms with Gasteiger partial charge in [0.15, 0.2) is 0 Å². The summed E-state index contributed by atoms with van der Waals surface area (Å²) in [4.78, 5) is 29.1. The van der Waals surface area contributed by atoms with E-state index in [9.17, 15) is 18.0 Å². The molecular formula is C30H35Cl2N3O4S. The number of nitrogens with zero attached hydrogens (tertiary/aromatic N) is 2. The van der Waals surface area contributed by atoms with Crippen molar-refractivity contribution in [2.75, 3.05) is 23.7 Å². The average Bonchev–Trinajstić information content (AvgIpc) is 2.91. The van der Waals surface area contributed by atoms with Crippen LogP contribution in [0.25, 0.3) is 0 Å². The monoisotopic (exact) mass is 603 g/mol. The molecule has 0 spiro atoms. The predicted octanol–water partition coefficient (Wildman–Crippen LogP) is 5.62. The molecule has 0 aromatic heterocycles. The molecule has 0 saturated carbocycles. The first-order chi connectivity index (χ1) is 19.0. The Morgan fingerprint density at radius 1 is 0.925 bits per heavy atom. The molecule has 3 aromatic carbocycles. The molecule has 0 radical (unpaired) electrons. The zero-order chi connectivity index (χ0) is 29.3. The lowest BCUT2D eigenvalue weighted by molar-refractivity contribution is -0.140. The summed E-state index contributed by atoms with van der Waals surface area (Å²) in [5.41, 5.74) is 2.58. The van der Waals surface area contributed by atoms with Crippen LogP contribution in [0.1, 0.15) is 36.5 Å². The number of carbonyl (C=O) groups excluding carboxylic acids is 2. The Morgan fingerprint density at radius 2 is 1.57 bits per heavy atom. The number of hydrogen-bond acceptors (Lipinski definition) is 4. The largest absolute Gasteiger partial charge is 0.354 e. The molecule has 0 heterocycles. The maximum Gasteiger partial charge on any atom is 0.244 e. The zero-order valence-electron chi connectivity index (χ0n) is 22.9. The molecule has 40 heavy (non-hydrogen) atoms. The van der Waals surface area contributed by atoms with E-state index >= 15 is 0 Å². The summed E-state index contributed by atoms with van der Waals surface area (Å²) in [6.07, 6.45) is 3.00. The van der Waals surface area contributed by atoms with E-state index in [0.717, 1.165) is 34.5 Å². The zero-order valence-corrected chi connectivity index (χ0v) is 25.3. The van der Waals surface area contributed by atoms with E-state index in [2.05, 4.69) is 5.32 Å². The van der Waals surface area contributed by atoms with Crippen LogP contribution in [0, 0.1) is 6.92 Å². The van der Waals surface area contributed by atoms with Crippen molar-refractivity contribution in [2.45, 2.75) is 45.7 Å². The summed E-state index contributed by atoms with van der Waals surface area (Å²) in [7, 11) is -3.88. The van der Waals surface area contributed by atoms with Crippen LogP contribution in [0.3, 0.4) is 0 Å². The van der Waals surface area contributed by atoms with E-state index in [1.807, 2.05) is 37.3 Å². The molecule has 1 atom stereocenters. The van der Waals surface area contributed by atoms with E-state index in [0.29, 0.717) is 27.8 Å². The first-order valence-corrected chi connectivity index (χ1v) is 15.7. The molecular weight excluding hydrogens is 569 g/mol. The smallest absolute Gasteiger partial charge is 0.244 e. The van der Waals surface area contributed by atoms with Crippen molar-refractivity contribution < 1.29 is 18.0 Å². The maximum absolute atomic E-state index is 14.1. The normalized spacial score (nSPS) is 12.0. The molecule has 10 heteroatoms. The van der Waals surface area contributed by atoms with Gasteiger partial charge in [0.25, 0.3) is 0 Å². The van der Waals surface area contributed by atoms with E-state index < -0.39 is 28.5 Å². The highest BCUT2D eigenvalue weighted by molar-refractivity contribution is 7.92. The number of hydrogen-bond donors (Lipinski definition) is 1. The molecule has 0 aliphatic carbocycles. The van der Waals surface area contributed by atoms with Gasteiger partial charge in [-0.1, -0.05) is 85.1 Å². The fourth-order valence-electron chi connectivity index (χ4n) is 4.29. The molecule has 0 bridgehead atoms. The van der Waals surface area contributed by atoms with Gasteiger partial charge in [-0.25, -0.2) is 8.42 Å². The first-order valence-electron chi connectivity index (χ1n) is 13.1. The summed E-state index contributed by atoms with van der Waals surface area (Å²) in [5, 5.41) is 3.85. The fourth-order valence-corrected chi connectivity index (χ4v) is 5.48. The van der Waals surface area contributed by atoms with Crippen LogP contribution >= 0.6 is 23.2 Å². The standard InChI is InChI=1S/C30H35Cl2N3O4S/c1-4-5-17-33-30(37)28(18-23-9-7-6-8-10-23)34(20-24-12-15-25(31)16-13-24)29(36)21-35(40(3,38)39)27-19-26(32)14-11-22(27)2/h6-16,19,28H,4-5,17-18,20-21H2,1-3H3,(H,33,37)/t28-/m1/s1. The summed E-state index contributed by atoms with van der Waals surface area (Å²) in [6, 6.07) is 20.4. The Hall–Kier alpha value is -3.07. The quantitative estimate of drug-likeness (QED) is 0.257. The average molecular weight is 605 g/mol. The van der Waals surface area contributed by atoms with Gasteiger partial charge >= 0.3 is 0 Å². The summed E-state index contributed by atoms with van der Waals surface area (Å²) in [5.74, 6) is -0.823. The Kier molecular flexibility index (Phi) is 11.4. The van der Waals surface area contributed by atoms with E-state index in [1.54, 1.807) is 43.3 Å². The van der Waals surface area contributed by atoms with Crippen molar-refractivity contribution in [1.82, 2.24) is 10.2 Å². The number of benzene rings is 3. The van der Waals surface area contributed by atoms with Gasteiger partial charge in [-0.3, -0.25) is 13.9 Å².